The van der Waals surface area contributed by atoms with Gasteiger partial charge in [0.2, 0.25) is 0 Å². The minimum absolute atomic E-state index is 0.0160. The van der Waals surface area contributed by atoms with Crippen LogP contribution in [-0.2, 0) is 42.8 Å². The van der Waals surface area contributed by atoms with Crippen molar-refractivity contribution in [2.75, 3.05) is 39.6 Å². The van der Waals surface area contributed by atoms with Gasteiger partial charge in [0, 0.05) is 18.6 Å². The molecule has 0 saturated heterocycles. The molecule has 9 aliphatic carbocycles. The van der Waals surface area contributed by atoms with Crippen LogP contribution in [0.3, 0.4) is 0 Å². The van der Waals surface area contributed by atoms with Gasteiger partial charge in [-0.05, 0) is 209 Å². The van der Waals surface area contributed by atoms with Gasteiger partial charge in [-0.15, -0.1) is 0 Å². The summed E-state index contributed by atoms with van der Waals surface area (Å²) in [6, 6.07) is 4.52. The van der Waals surface area contributed by atoms with Crippen molar-refractivity contribution in [2.24, 2.45) is 107 Å². The predicted molar refractivity (Wildman–Crippen MR) is 239 cm³/mol. The van der Waals surface area contributed by atoms with Crippen molar-refractivity contribution in [1.29, 1.82) is 0 Å². The van der Waals surface area contributed by atoms with E-state index in [-0.39, 0.29) is 65.6 Å². The molecule has 9 saturated carbocycles. The zero-order chi connectivity index (χ0) is 46.0. The lowest BCUT2D eigenvalue weighted by Gasteiger charge is -2.31. The summed E-state index contributed by atoms with van der Waals surface area (Å²) in [4.78, 5) is 77.2. The molecule has 0 heterocycles. The lowest BCUT2D eigenvalue weighted by molar-refractivity contribution is -0.143. The highest BCUT2D eigenvalue weighted by Gasteiger charge is 2.58. The molecule has 1 aromatic carbocycles. The minimum Gasteiger partial charge on any atom is -0.466 e. The lowest BCUT2D eigenvalue weighted by atomic mass is 9.76. The van der Waals surface area contributed by atoms with E-state index in [1.54, 1.807) is 13.0 Å². The van der Waals surface area contributed by atoms with Crippen LogP contribution in [-0.4, -0.2) is 75.5 Å². The predicted octanol–water partition coefficient (Wildman–Crippen LogP) is 8.46. The molecule has 0 N–H and O–H groups in total. The third-order valence-electron chi connectivity index (χ3n) is 19.0. The van der Waals surface area contributed by atoms with Gasteiger partial charge in [0.25, 0.3) is 0 Å². The number of rotatable bonds is 17. The topological polar surface area (TPSA) is 158 Å². The number of fused-ring (bicyclic) bond motifs is 15. The van der Waals surface area contributed by atoms with Crippen LogP contribution in [0, 0.1) is 107 Å². The highest BCUT2D eigenvalue weighted by molar-refractivity contribution is 6.05. The Morgan fingerprint density at radius 3 is 1.38 bits per heavy atom. The molecule has 1 aromatic rings. The first kappa shape index (κ1) is 45.3. The van der Waals surface area contributed by atoms with E-state index in [4.69, 9.17) is 28.4 Å². The Hall–Kier alpha value is -4.48. The molecule has 9 fully saturated rings. The van der Waals surface area contributed by atoms with E-state index in [0.717, 1.165) is 70.6 Å². The fourth-order valence-corrected chi connectivity index (χ4v) is 16.6. The average molecular weight is 909 g/mol. The Morgan fingerprint density at radius 1 is 0.485 bits per heavy atom. The van der Waals surface area contributed by atoms with Crippen molar-refractivity contribution >= 4 is 35.8 Å². The second-order valence-electron chi connectivity index (χ2n) is 22.5. The SMILES string of the molecule is C=CC(=O)OCC1CC2C3CC(COC(=O)c4ccc(C(=O)OCC5CC6C7CC(COC(C)=O)C(C7)C6C5)cc4C(=O)OCC4CC5CC4C4CC(COC(=O)C(=C)C)CC54)C(C3)C2C1. The van der Waals surface area contributed by atoms with Crippen LogP contribution in [0.15, 0.2) is 43.0 Å². The standard InChI is InChI=1S/C54H68O12/c1-5-50(56)62-21-29-8-40-34-15-37(44(19-34)46(40)11-29)25-65-53(59)39-7-6-32(52(58)64-23-31-10-42-33-14-36(24-61-28(4)55)43(18-33)47(42)13-31)17-49(39)54(60)66-26-38-16-35-20-45(38)48-12-30(9-41(35)48)22-63-51(57)27(2)3/h5-7,17,29-31,33-38,40-48H,1-2,8-16,18-26H2,3-4H3. The Morgan fingerprint density at radius 2 is 0.909 bits per heavy atom. The smallest absolute Gasteiger partial charge is 0.339 e. The maximum atomic E-state index is 14.2. The average Bonchev–Trinajstić information content (AvgIpc) is 4.17. The fourth-order valence-electron chi connectivity index (χ4n) is 16.6. The van der Waals surface area contributed by atoms with E-state index < -0.39 is 17.9 Å². The number of benzene rings is 1. The third-order valence-corrected chi connectivity index (χ3v) is 19.0. The van der Waals surface area contributed by atoms with Crippen LogP contribution < -0.4 is 0 Å². The van der Waals surface area contributed by atoms with Gasteiger partial charge < -0.3 is 28.4 Å². The van der Waals surface area contributed by atoms with Crippen LogP contribution in [0.4, 0.5) is 0 Å². The summed E-state index contributed by atoms with van der Waals surface area (Å²) in [5.41, 5.74) is 0.700. The van der Waals surface area contributed by atoms with Crippen LogP contribution in [0.5, 0.6) is 0 Å². The quantitative estimate of drug-likeness (QED) is 0.0836. The number of carbonyl (C=O) groups excluding carboxylic acids is 6. The molecule has 0 radical (unpaired) electrons. The summed E-state index contributed by atoms with van der Waals surface area (Å²) in [6.45, 7) is 12.4. The first-order valence-electron chi connectivity index (χ1n) is 25.2. The van der Waals surface area contributed by atoms with Crippen molar-refractivity contribution in [3.8, 4) is 0 Å². The van der Waals surface area contributed by atoms with Gasteiger partial charge in [-0.1, -0.05) is 13.2 Å². The second-order valence-corrected chi connectivity index (χ2v) is 22.5. The molecule has 9 aliphatic rings. The second kappa shape index (κ2) is 18.5. The number of hydrogen-bond donors (Lipinski definition) is 0. The van der Waals surface area contributed by atoms with E-state index in [0.29, 0.717) is 121 Å². The highest BCUT2D eigenvalue weighted by atomic mass is 16.6. The largest absolute Gasteiger partial charge is 0.466 e. The van der Waals surface area contributed by atoms with Gasteiger partial charge in [-0.3, -0.25) is 4.79 Å². The van der Waals surface area contributed by atoms with Crippen LogP contribution in [0.25, 0.3) is 0 Å². The molecule has 12 nitrogen and oxygen atoms in total. The van der Waals surface area contributed by atoms with E-state index >= 15 is 0 Å². The summed E-state index contributed by atoms with van der Waals surface area (Å²) in [5, 5.41) is 0. The zero-order valence-electron chi connectivity index (χ0n) is 38.7. The van der Waals surface area contributed by atoms with E-state index in [1.165, 1.54) is 31.6 Å². The molecule has 18 atom stereocenters. The van der Waals surface area contributed by atoms with E-state index in [1.807, 2.05) is 0 Å². The molecule has 356 valence electrons. The monoisotopic (exact) mass is 908 g/mol. The van der Waals surface area contributed by atoms with Crippen LogP contribution in [0.2, 0.25) is 0 Å². The van der Waals surface area contributed by atoms with Crippen molar-refractivity contribution in [2.45, 2.75) is 90.9 Å². The van der Waals surface area contributed by atoms with Gasteiger partial charge in [0.1, 0.15) is 0 Å². The van der Waals surface area contributed by atoms with Crippen LogP contribution >= 0.6 is 0 Å². The first-order valence-corrected chi connectivity index (χ1v) is 25.2. The van der Waals surface area contributed by atoms with Gasteiger partial charge in [0.15, 0.2) is 0 Å². The molecular weight excluding hydrogens is 841 g/mol. The normalized spacial score (nSPS) is 39.2. The van der Waals surface area contributed by atoms with Gasteiger partial charge in [0.05, 0.1) is 56.3 Å². The Labute approximate surface area is 388 Å². The Balaban J connectivity index is 0.778. The molecule has 0 amide bonds. The number of ether oxygens (including phenoxy) is 6. The van der Waals surface area contributed by atoms with Crippen molar-refractivity contribution in [1.82, 2.24) is 0 Å². The highest BCUT2D eigenvalue weighted by Crippen LogP contribution is 2.64. The molecule has 6 bridgehead atoms. The Bertz CT molecular complexity index is 2130. The zero-order valence-corrected chi connectivity index (χ0v) is 38.7. The van der Waals surface area contributed by atoms with E-state index in [9.17, 15) is 28.8 Å². The molecular formula is C54H68O12. The van der Waals surface area contributed by atoms with E-state index in [2.05, 4.69) is 13.2 Å². The molecule has 10 rings (SSSR count). The summed E-state index contributed by atoms with van der Waals surface area (Å²) < 4.78 is 34.4. The summed E-state index contributed by atoms with van der Waals surface area (Å²) in [5.74, 6) is 5.57. The van der Waals surface area contributed by atoms with Gasteiger partial charge in [-0.25, -0.2) is 24.0 Å². The molecule has 0 spiro atoms. The first-order chi connectivity index (χ1) is 31.8. The maximum absolute atomic E-state index is 14.2. The fraction of sp³-hybridized carbons (Fsp3) is 0.704. The molecule has 18 unspecified atom stereocenters. The van der Waals surface area contributed by atoms with Crippen LogP contribution in [0.1, 0.15) is 122 Å². The molecule has 0 aliphatic heterocycles. The molecule has 12 heteroatoms. The van der Waals surface area contributed by atoms with Crippen molar-refractivity contribution in [3.05, 3.63) is 59.7 Å². The molecule has 66 heavy (non-hydrogen) atoms. The number of esters is 6. The third kappa shape index (κ3) is 8.76. The van der Waals surface area contributed by atoms with Gasteiger partial charge >= 0.3 is 35.8 Å². The number of hydrogen-bond acceptors (Lipinski definition) is 12. The lowest BCUT2D eigenvalue weighted by Crippen LogP contribution is -2.29. The number of carbonyl (C=O) groups is 6. The minimum atomic E-state index is -0.647. The van der Waals surface area contributed by atoms with Crippen molar-refractivity contribution in [3.63, 3.8) is 0 Å². The summed E-state index contributed by atoms with van der Waals surface area (Å²) in [6.07, 6.45) is 13.8. The summed E-state index contributed by atoms with van der Waals surface area (Å²) in [7, 11) is 0. The summed E-state index contributed by atoms with van der Waals surface area (Å²) >= 11 is 0. The van der Waals surface area contributed by atoms with Gasteiger partial charge in [-0.2, -0.15) is 0 Å². The maximum Gasteiger partial charge on any atom is 0.339 e. The Kier molecular flexibility index (Phi) is 12.7. The van der Waals surface area contributed by atoms with Crippen molar-refractivity contribution < 1.29 is 57.2 Å². The molecule has 0 aromatic heterocycles.